The lowest BCUT2D eigenvalue weighted by molar-refractivity contribution is -0.149. The maximum absolute atomic E-state index is 12.4. The second kappa shape index (κ2) is 6.70. The first-order chi connectivity index (χ1) is 9.63. The standard InChI is InChI=1S/C14H17ClN2O3/c1-2-20-14(19)10-5-4-8-17(9-10)13(18)11-6-3-7-16-12(11)15/h3,6-7,10H,2,4-5,8-9H2,1H3/t10-/m1/s1. The normalized spacial score (nSPS) is 18.7. The van der Waals surface area contributed by atoms with Gasteiger partial charge in [0.05, 0.1) is 18.1 Å². The Labute approximate surface area is 122 Å². The zero-order valence-electron chi connectivity index (χ0n) is 11.3. The van der Waals surface area contributed by atoms with Gasteiger partial charge in [0.2, 0.25) is 0 Å². The third-order valence-corrected chi connectivity index (χ3v) is 3.62. The van der Waals surface area contributed by atoms with E-state index in [0.717, 1.165) is 12.8 Å². The molecule has 1 saturated heterocycles. The summed E-state index contributed by atoms with van der Waals surface area (Å²) in [6.07, 6.45) is 3.08. The number of carbonyl (C=O) groups excluding carboxylic acids is 2. The monoisotopic (exact) mass is 296 g/mol. The number of halogens is 1. The van der Waals surface area contributed by atoms with E-state index in [1.807, 2.05) is 0 Å². The summed E-state index contributed by atoms with van der Waals surface area (Å²) in [4.78, 5) is 29.7. The van der Waals surface area contributed by atoms with Crippen LogP contribution in [-0.4, -0.2) is 41.5 Å². The van der Waals surface area contributed by atoms with Gasteiger partial charge in [-0.05, 0) is 31.9 Å². The Balaban J connectivity index is 2.07. The highest BCUT2D eigenvalue weighted by molar-refractivity contribution is 6.32. The van der Waals surface area contributed by atoms with Gasteiger partial charge in [0.25, 0.3) is 5.91 Å². The zero-order chi connectivity index (χ0) is 14.5. The molecule has 1 amide bonds. The molecule has 0 spiro atoms. The number of likely N-dealkylation sites (tertiary alicyclic amines) is 1. The number of piperidine rings is 1. The van der Waals surface area contributed by atoms with E-state index in [-0.39, 0.29) is 22.9 Å². The second-order valence-corrected chi connectivity index (χ2v) is 5.04. The van der Waals surface area contributed by atoms with Crippen LogP contribution >= 0.6 is 11.6 Å². The minimum atomic E-state index is -0.247. The van der Waals surface area contributed by atoms with Crippen molar-refractivity contribution in [1.82, 2.24) is 9.88 Å². The Morgan fingerprint density at radius 1 is 1.55 bits per heavy atom. The summed E-state index contributed by atoms with van der Waals surface area (Å²) < 4.78 is 5.02. The average molecular weight is 297 g/mol. The molecular formula is C14H17ClN2O3. The highest BCUT2D eigenvalue weighted by Gasteiger charge is 2.30. The number of hydrogen-bond donors (Lipinski definition) is 0. The molecule has 1 fully saturated rings. The molecule has 108 valence electrons. The lowest BCUT2D eigenvalue weighted by Gasteiger charge is -2.31. The minimum absolute atomic E-state index is 0.183. The van der Waals surface area contributed by atoms with Crippen molar-refractivity contribution in [1.29, 1.82) is 0 Å². The fraction of sp³-hybridized carbons (Fsp3) is 0.500. The van der Waals surface area contributed by atoms with Gasteiger partial charge in [-0.15, -0.1) is 0 Å². The SMILES string of the molecule is CCOC(=O)[C@@H]1CCCN(C(=O)c2cccnc2Cl)C1. The van der Waals surface area contributed by atoms with Gasteiger partial charge in [0.15, 0.2) is 0 Å². The number of pyridine rings is 1. The molecule has 0 aromatic carbocycles. The van der Waals surface area contributed by atoms with Crippen molar-refractivity contribution in [2.45, 2.75) is 19.8 Å². The molecule has 5 nitrogen and oxygen atoms in total. The van der Waals surface area contributed by atoms with E-state index in [2.05, 4.69) is 4.98 Å². The molecule has 1 aromatic rings. The number of esters is 1. The quantitative estimate of drug-likeness (QED) is 0.633. The van der Waals surface area contributed by atoms with E-state index in [9.17, 15) is 9.59 Å². The van der Waals surface area contributed by atoms with E-state index in [1.54, 1.807) is 24.0 Å². The predicted octanol–water partition coefficient (Wildman–Crippen LogP) is 2.15. The molecule has 1 aliphatic heterocycles. The maximum atomic E-state index is 12.4. The van der Waals surface area contributed by atoms with Crippen LogP contribution in [-0.2, 0) is 9.53 Å². The van der Waals surface area contributed by atoms with Crippen LogP contribution in [0.2, 0.25) is 5.15 Å². The van der Waals surface area contributed by atoms with Crippen LogP contribution in [0.5, 0.6) is 0 Å². The van der Waals surface area contributed by atoms with E-state index < -0.39 is 0 Å². The highest BCUT2D eigenvalue weighted by Crippen LogP contribution is 2.21. The molecule has 1 aliphatic rings. The second-order valence-electron chi connectivity index (χ2n) is 4.68. The summed E-state index contributed by atoms with van der Waals surface area (Å²) in [5, 5.41) is 0.191. The average Bonchev–Trinajstić information content (AvgIpc) is 2.47. The van der Waals surface area contributed by atoms with Gasteiger partial charge in [-0.25, -0.2) is 4.98 Å². The van der Waals surface area contributed by atoms with Gasteiger partial charge in [-0.2, -0.15) is 0 Å². The van der Waals surface area contributed by atoms with Crippen molar-refractivity contribution < 1.29 is 14.3 Å². The molecule has 20 heavy (non-hydrogen) atoms. The van der Waals surface area contributed by atoms with Crippen molar-refractivity contribution in [2.75, 3.05) is 19.7 Å². The zero-order valence-corrected chi connectivity index (χ0v) is 12.1. The van der Waals surface area contributed by atoms with E-state index in [4.69, 9.17) is 16.3 Å². The molecule has 0 N–H and O–H groups in total. The summed E-state index contributed by atoms with van der Waals surface area (Å²) in [7, 11) is 0. The lowest BCUT2D eigenvalue weighted by Crippen LogP contribution is -2.43. The van der Waals surface area contributed by atoms with E-state index >= 15 is 0 Å². The molecule has 6 heteroatoms. The van der Waals surface area contributed by atoms with Crippen molar-refractivity contribution in [3.05, 3.63) is 29.0 Å². The number of ether oxygens (including phenoxy) is 1. The number of aromatic nitrogens is 1. The Morgan fingerprint density at radius 3 is 3.05 bits per heavy atom. The van der Waals surface area contributed by atoms with Gasteiger partial charge >= 0.3 is 5.97 Å². The summed E-state index contributed by atoms with van der Waals surface area (Å²) in [5.41, 5.74) is 0.374. The van der Waals surface area contributed by atoms with Crippen LogP contribution < -0.4 is 0 Å². The summed E-state index contributed by atoms with van der Waals surface area (Å²) in [6, 6.07) is 3.32. The molecule has 0 bridgehead atoms. The molecule has 2 heterocycles. The Morgan fingerprint density at radius 2 is 2.35 bits per heavy atom. The predicted molar refractivity (Wildman–Crippen MR) is 74.5 cm³/mol. The van der Waals surface area contributed by atoms with E-state index in [0.29, 0.717) is 25.3 Å². The molecule has 0 saturated carbocycles. The summed E-state index contributed by atoms with van der Waals surface area (Å²) in [6.45, 7) is 3.14. The summed E-state index contributed by atoms with van der Waals surface area (Å²) in [5.74, 6) is -0.664. The van der Waals surface area contributed by atoms with Crippen LogP contribution in [0.4, 0.5) is 0 Å². The Bertz CT molecular complexity index is 507. The van der Waals surface area contributed by atoms with Gasteiger partial charge < -0.3 is 9.64 Å². The van der Waals surface area contributed by atoms with Crippen LogP contribution in [0.15, 0.2) is 18.3 Å². The third kappa shape index (κ3) is 3.28. The van der Waals surface area contributed by atoms with Crippen LogP contribution in [0.25, 0.3) is 0 Å². The van der Waals surface area contributed by atoms with Gasteiger partial charge in [0.1, 0.15) is 5.15 Å². The Kier molecular flexibility index (Phi) is 4.95. The van der Waals surface area contributed by atoms with E-state index in [1.165, 1.54) is 6.20 Å². The fourth-order valence-electron chi connectivity index (χ4n) is 2.33. The first kappa shape index (κ1) is 14.8. The molecule has 0 unspecified atom stereocenters. The number of rotatable bonds is 3. The van der Waals surface area contributed by atoms with Gasteiger partial charge in [-0.3, -0.25) is 9.59 Å². The first-order valence-electron chi connectivity index (χ1n) is 6.70. The third-order valence-electron chi connectivity index (χ3n) is 3.32. The van der Waals surface area contributed by atoms with Crippen LogP contribution in [0.3, 0.4) is 0 Å². The fourth-order valence-corrected chi connectivity index (χ4v) is 2.53. The molecule has 1 aromatic heterocycles. The molecule has 1 atom stereocenters. The molecule has 2 rings (SSSR count). The number of hydrogen-bond acceptors (Lipinski definition) is 4. The summed E-state index contributed by atoms with van der Waals surface area (Å²) >= 11 is 5.94. The molecule has 0 radical (unpaired) electrons. The van der Waals surface area contributed by atoms with Crippen molar-refractivity contribution in [3.63, 3.8) is 0 Å². The smallest absolute Gasteiger partial charge is 0.310 e. The molecular weight excluding hydrogens is 280 g/mol. The van der Waals surface area contributed by atoms with Crippen LogP contribution in [0.1, 0.15) is 30.1 Å². The Hall–Kier alpha value is -1.62. The molecule has 0 aliphatic carbocycles. The van der Waals surface area contributed by atoms with Crippen molar-refractivity contribution >= 4 is 23.5 Å². The number of nitrogens with zero attached hydrogens (tertiary/aromatic N) is 2. The highest BCUT2D eigenvalue weighted by atomic mass is 35.5. The van der Waals surface area contributed by atoms with Crippen molar-refractivity contribution in [2.24, 2.45) is 5.92 Å². The first-order valence-corrected chi connectivity index (χ1v) is 7.07. The maximum Gasteiger partial charge on any atom is 0.310 e. The van der Waals surface area contributed by atoms with Crippen molar-refractivity contribution in [3.8, 4) is 0 Å². The van der Waals surface area contributed by atoms with Crippen LogP contribution in [0, 0.1) is 5.92 Å². The largest absolute Gasteiger partial charge is 0.466 e. The lowest BCUT2D eigenvalue weighted by atomic mass is 9.97. The number of carbonyl (C=O) groups is 2. The minimum Gasteiger partial charge on any atom is -0.466 e. The van der Waals surface area contributed by atoms with Gasteiger partial charge in [0, 0.05) is 19.3 Å². The van der Waals surface area contributed by atoms with Gasteiger partial charge in [-0.1, -0.05) is 11.6 Å². The topological polar surface area (TPSA) is 59.5 Å². The number of amides is 1.